The second-order valence-corrected chi connectivity index (χ2v) is 5.01. The third-order valence-electron chi connectivity index (χ3n) is 3.52. The first-order valence-corrected chi connectivity index (χ1v) is 6.01. The highest BCUT2D eigenvalue weighted by Crippen LogP contribution is 2.49. The van der Waals surface area contributed by atoms with Crippen LogP contribution in [0.1, 0.15) is 25.7 Å². The van der Waals surface area contributed by atoms with E-state index in [0.29, 0.717) is 5.84 Å². The minimum Gasteiger partial charge on any atom is -0.409 e. The average Bonchev–Trinajstić information content (AvgIpc) is 3.05. The van der Waals surface area contributed by atoms with E-state index in [-0.39, 0.29) is 5.41 Å². The summed E-state index contributed by atoms with van der Waals surface area (Å²) in [6.45, 7) is 4.89. The van der Waals surface area contributed by atoms with Crippen LogP contribution in [0.4, 0.5) is 0 Å². The normalized spacial score (nSPS) is 26.4. The van der Waals surface area contributed by atoms with Crippen molar-refractivity contribution in [3.63, 3.8) is 0 Å². The molecule has 2 fully saturated rings. The van der Waals surface area contributed by atoms with Crippen molar-refractivity contribution in [3.8, 4) is 0 Å². The van der Waals surface area contributed by atoms with Gasteiger partial charge in [0.25, 0.3) is 0 Å². The molecule has 0 aromatic heterocycles. The number of hydrogen-bond donors (Lipinski definition) is 2. The summed E-state index contributed by atoms with van der Waals surface area (Å²) in [5.74, 6) is 0.364. The number of nitrogens with zero attached hydrogens (tertiary/aromatic N) is 2. The lowest BCUT2D eigenvalue weighted by molar-refractivity contribution is 0.137. The largest absolute Gasteiger partial charge is 0.409 e. The molecule has 0 unspecified atom stereocenters. The summed E-state index contributed by atoms with van der Waals surface area (Å²) in [5, 5.41) is 11.7. The quantitative estimate of drug-likeness (QED) is 0.320. The zero-order chi connectivity index (χ0) is 11.4. The smallest absolute Gasteiger partial charge is 0.139 e. The lowest BCUT2D eigenvalue weighted by Crippen LogP contribution is -2.34. The number of nitrogens with two attached hydrogens (primary N) is 1. The van der Waals surface area contributed by atoms with Crippen LogP contribution in [0.5, 0.6) is 0 Å². The first-order chi connectivity index (χ1) is 7.74. The highest BCUT2D eigenvalue weighted by molar-refractivity contribution is 5.80. The molecule has 0 bridgehead atoms. The summed E-state index contributed by atoms with van der Waals surface area (Å²) in [4.78, 5) is 2.45. The van der Waals surface area contributed by atoms with Crippen LogP contribution in [-0.2, 0) is 4.74 Å². The summed E-state index contributed by atoms with van der Waals surface area (Å²) >= 11 is 0. The highest BCUT2D eigenvalue weighted by atomic mass is 16.5. The van der Waals surface area contributed by atoms with Gasteiger partial charge >= 0.3 is 0 Å². The second kappa shape index (κ2) is 5.01. The Labute approximate surface area is 96.2 Å². The molecule has 5 heteroatoms. The SMILES string of the molecule is NC(CC1(CN2CCCOCC2)CC1)=NO. The Kier molecular flexibility index (Phi) is 3.66. The average molecular weight is 227 g/mol. The molecule has 0 atom stereocenters. The van der Waals surface area contributed by atoms with Gasteiger partial charge in [0.05, 0.1) is 6.61 Å². The summed E-state index contributed by atoms with van der Waals surface area (Å²) < 4.78 is 5.43. The Morgan fingerprint density at radius 2 is 2.19 bits per heavy atom. The van der Waals surface area contributed by atoms with Gasteiger partial charge in [-0.05, 0) is 24.7 Å². The molecule has 3 N–H and O–H groups in total. The van der Waals surface area contributed by atoms with Crippen molar-refractivity contribution in [2.24, 2.45) is 16.3 Å². The zero-order valence-electron chi connectivity index (χ0n) is 9.69. The molecule has 5 nitrogen and oxygen atoms in total. The fourth-order valence-corrected chi connectivity index (χ4v) is 2.42. The van der Waals surface area contributed by atoms with Gasteiger partial charge in [-0.1, -0.05) is 5.16 Å². The molecule has 92 valence electrons. The van der Waals surface area contributed by atoms with Gasteiger partial charge in [-0.2, -0.15) is 0 Å². The summed E-state index contributed by atoms with van der Waals surface area (Å²) in [7, 11) is 0. The summed E-state index contributed by atoms with van der Waals surface area (Å²) in [5.41, 5.74) is 5.87. The minimum absolute atomic E-state index is 0.278. The van der Waals surface area contributed by atoms with E-state index < -0.39 is 0 Å². The lowest BCUT2D eigenvalue weighted by atomic mass is 10.0. The zero-order valence-corrected chi connectivity index (χ0v) is 9.69. The number of ether oxygens (including phenoxy) is 1. The molecule has 0 aromatic rings. The fourth-order valence-electron chi connectivity index (χ4n) is 2.42. The molecule has 1 saturated heterocycles. The van der Waals surface area contributed by atoms with Gasteiger partial charge in [-0.3, -0.25) is 0 Å². The van der Waals surface area contributed by atoms with E-state index in [1.165, 1.54) is 12.8 Å². The maximum atomic E-state index is 8.61. The first-order valence-electron chi connectivity index (χ1n) is 6.01. The fraction of sp³-hybridized carbons (Fsp3) is 0.909. The molecule has 0 amide bonds. The highest BCUT2D eigenvalue weighted by Gasteiger charge is 2.44. The molecule has 2 rings (SSSR count). The van der Waals surface area contributed by atoms with Gasteiger partial charge < -0.3 is 20.6 Å². The van der Waals surface area contributed by atoms with E-state index in [1.54, 1.807) is 0 Å². The van der Waals surface area contributed by atoms with Crippen molar-refractivity contribution in [1.82, 2.24) is 4.90 Å². The maximum absolute atomic E-state index is 8.61. The number of hydrogen-bond acceptors (Lipinski definition) is 4. The Bertz CT molecular complexity index is 256. The van der Waals surface area contributed by atoms with Crippen molar-refractivity contribution < 1.29 is 9.94 Å². The number of oxime groups is 1. The molecule has 1 saturated carbocycles. The predicted octanol–water partition coefficient (Wildman–Crippen LogP) is 0.625. The van der Waals surface area contributed by atoms with Crippen molar-refractivity contribution >= 4 is 5.84 Å². The van der Waals surface area contributed by atoms with Crippen molar-refractivity contribution in [2.75, 3.05) is 32.8 Å². The van der Waals surface area contributed by atoms with Crippen LogP contribution in [0.2, 0.25) is 0 Å². The molecule has 2 aliphatic rings. The monoisotopic (exact) mass is 227 g/mol. The summed E-state index contributed by atoms with van der Waals surface area (Å²) in [6, 6.07) is 0. The third-order valence-corrected chi connectivity index (χ3v) is 3.52. The molecule has 1 aliphatic heterocycles. The number of amidine groups is 1. The van der Waals surface area contributed by atoms with Crippen LogP contribution >= 0.6 is 0 Å². The van der Waals surface area contributed by atoms with Crippen LogP contribution in [-0.4, -0.2) is 48.8 Å². The topological polar surface area (TPSA) is 71.1 Å². The van der Waals surface area contributed by atoms with Crippen LogP contribution in [0.25, 0.3) is 0 Å². The molecular formula is C11H21N3O2. The standard InChI is InChI=1S/C11H21N3O2/c12-10(13-15)8-11(2-3-11)9-14-4-1-6-16-7-5-14/h15H,1-9H2,(H2,12,13). The Morgan fingerprint density at radius 3 is 2.88 bits per heavy atom. The minimum atomic E-state index is 0.278. The molecule has 1 aliphatic carbocycles. The predicted molar refractivity (Wildman–Crippen MR) is 61.6 cm³/mol. The van der Waals surface area contributed by atoms with E-state index in [2.05, 4.69) is 10.1 Å². The molecule has 0 aromatic carbocycles. The number of rotatable bonds is 4. The molecule has 1 heterocycles. The van der Waals surface area contributed by atoms with Crippen molar-refractivity contribution in [1.29, 1.82) is 0 Å². The molecular weight excluding hydrogens is 206 g/mol. The van der Waals surface area contributed by atoms with Crippen LogP contribution in [0, 0.1) is 5.41 Å². The molecule has 0 spiro atoms. The van der Waals surface area contributed by atoms with E-state index in [0.717, 1.165) is 45.7 Å². The summed E-state index contributed by atoms with van der Waals surface area (Å²) in [6.07, 6.45) is 4.22. The first kappa shape index (κ1) is 11.7. The van der Waals surface area contributed by atoms with Crippen molar-refractivity contribution in [3.05, 3.63) is 0 Å². The van der Waals surface area contributed by atoms with Gasteiger partial charge in [0.15, 0.2) is 0 Å². The van der Waals surface area contributed by atoms with E-state index in [4.69, 9.17) is 15.7 Å². The van der Waals surface area contributed by atoms with Gasteiger partial charge in [0, 0.05) is 32.7 Å². The van der Waals surface area contributed by atoms with Gasteiger partial charge in [0.2, 0.25) is 0 Å². The maximum Gasteiger partial charge on any atom is 0.139 e. The molecule has 0 radical (unpaired) electrons. The second-order valence-electron chi connectivity index (χ2n) is 5.01. The van der Waals surface area contributed by atoms with Crippen LogP contribution < -0.4 is 5.73 Å². The lowest BCUT2D eigenvalue weighted by Gasteiger charge is -2.25. The van der Waals surface area contributed by atoms with Gasteiger partial charge in [-0.25, -0.2) is 0 Å². The van der Waals surface area contributed by atoms with Gasteiger partial charge in [-0.15, -0.1) is 0 Å². The van der Waals surface area contributed by atoms with Crippen LogP contribution in [0.15, 0.2) is 5.16 Å². The van der Waals surface area contributed by atoms with Gasteiger partial charge in [0.1, 0.15) is 5.84 Å². The van der Waals surface area contributed by atoms with E-state index >= 15 is 0 Å². The third kappa shape index (κ3) is 3.09. The Hall–Kier alpha value is -0.810. The van der Waals surface area contributed by atoms with Crippen molar-refractivity contribution in [2.45, 2.75) is 25.7 Å². The van der Waals surface area contributed by atoms with Crippen LogP contribution in [0.3, 0.4) is 0 Å². The Morgan fingerprint density at radius 1 is 1.38 bits per heavy atom. The Balaban J connectivity index is 1.83. The molecule has 16 heavy (non-hydrogen) atoms. The van der Waals surface area contributed by atoms with E-state index in [1.807, 2.05) is 0 Å². The van der Waals surface area contributed by atoms with E-state index in [9.17, 15) is 0 Å².